The smallest absolute Gasteiger partial charge is 0.145 e. The summed E-state index contributed by atoms with van der Waals surface area (Å²) in [5, 5.41) is 8.97. The Morgan fingerprint density at radius 1 is 1.12 bits per heavy atom. The molecule has 0 spiro atoms. The summed E-state index contributed by atoms with van der Waals surface area (Å²) < 4.78 is 6.60. The van der Waals surface area contributed by atoms with Crippen LogP contribution in [0.4, 0.5) is 0 Å². The van der Waals surface area contributed by atoms with E-state index >= 15 is 0 Å². The van der Waals surface area contributed by atoms with Gasteiger partial charge < -0.3 is 4.74 Å². The summed E-state index contributed by atoms with van der Waals surface area (Å²) in [5.74, 6) is 1.28. The van der Waals surface area contributed by atoms with Gasteiger partial charge in [-0.25, -0.2) is 0 Å². The molecule has 2 rings (SSSR count). The van der Waals surface area contributed by atoms with Crippen LogP contribution in [-0.2, 0) is 0 Å². The lowest BCUT2D eigenvalue weighted by Gasteiger charge is -2.09. The largest absolute Gasteiger partial charge is 0.455 e. The van der Waals surface area contributed by atoms with E-state index in [1.54, 1.807) is 12.1 Å². The van der Waals surface area contributed by atoms with E-state index in [0.717, 1.165) is 10.0 Å². The number of benzene rings is 2. The van der Waals surface area contributed by atoms with Crippen molar-refractivity contribution < 1.29 is 4.74 Å². The molecular weight excluding hydrogens is 278 g/mol. The molecule has 2 nitrogen and oxygen atoms in total. The second-order valence-corrected chi connectivity index (χ2v) is 4.50. The van der Waals surface area contributed by atoms with Gasteiger partial charge in [0.1, 0.15) is 17.6 Å². The third-order valence-corrected chi connectivity index (χ3v) is 2.93. The standard InChI is InChI=1S/C14H10BrNO/c1-10-6-7-14(12(15)8-10)17-13-5-3-2-4-11(13)9-16/h2-8H,1H3. The summed E-state index contributed by atoms with van der Waals surface area (Å²) in [6, 6.07) is 15.1. The Hall–Kier alpha value is -1.79. The lowest BCUT2D eigenvalue weighted by atomic mass is 10.2. The van der Waals surface area contributed by atoms with Crippen molar-refractivity contribution in [2.24, 2.45) is 0 Å². The molecule has 0 fully saturated rings. The summed E-state index contributed by atoms with van der Waals surface area (Å²) >= 11 is 3.44. The fourth-order valence-corrected chi connectivity index (χ4v) is 2.03. The van der Waals surface area contributed by atoms with E-state index in [1.807, 2.05) is 37.3 Å². The first-order chi connectivity index (χ1) is 8.20. The number of rotatable bonds is 2. The van der Waals surface area contributed by atoms with Crippen molar-refractivity contribution in [1.29, 1.82) is 5.26 Å². The van der Waals surface area contributed by atoms with Gasteiger partial charge >= 0.3 is 0 Å². The first-order valence-electron chi connectivity index (χ1n) is 5.14. The van der Waals surface area contributed by atoms with E-state index in [4.69, 9.17) is 10.00 Å². The lowest BCUT2D eigenvalue weighted by Crippen LogP contribution is -1.89. The molecule has 0 aliphatic rings. The molecule has 0 saturated heterocycles. The van der Waals surface area contributed by atoms with Crippen molar-refractivity contribution in [3.63, 3.8) is 0 Å². The Bertz CT molecular complexity index is 587. The predicted molar refractivity (Wildman–Crippen MR) is 70.1 cm³/mol. The number of ether oxygens (including phenoxy) is 1. The van der Waals surface area contributed by atoms with Gasteiger partial charge in [0.05, 0.1) is 10.0 Å². The molecule has 0 aliphatic heterocycles. The van der Waals surface area contributed by atoms with E-state index < -0.39 is 0 Å². The molecule has 0 atom stereocenters. The van der Waals surface area contributed by atoms with Gasteiger partial charge in [0, 0.05) is 0 Å². The fraction of sp³-hybridized carbons (Fsp3) is 0.0714. The van der Waals surface area contributed by atoms with Crippen molar-refractivity contribution >= 4 is 15.9 Å². The number of hydrogen-bond acceptors (Lipinski definition) is 2. The maximum absolute atomic E-state index is 8.97. The minimum Gasteiger partial charge on any atom is -0.455 e. The molecule has 2 aromatic carbocycles. The Balaban J connectivity index is 2.35. The van der Waals surface area contributed by atoms with Crippen molar-refractivity contribution in [2.75, 3.05) is 0 Å². The first kappa shape index (κ1) is 11.7. The molecule has 0 N–H and O–H groups in total. The van der Waals surface area contributed by atoms with Gasteiger partial charge in [-0.05, 0) is 52.7 Å². The quantitative estimate of drug-likeness (QED) is 0.819. The molecule has 0 unspecified atom stereocenters. The molecule has 0 aliphatic carbocycles. The van der Waals surface area contributed by atoms with Gasteiger partial charge in [0.25, 0.3) is 0 Å². The fourth-order valence-electron chi connectivity index (χ4n) is 1.46. The van der Waals surface area contributed by atoms with Crippen LogP contribution in [0, 0.1) is 18.3 Å². The zero-order valence-electron chi connectivity index (χ0n) is 9.27. The van der Waals surface area contributed by atoms with Crippen LogP contribution in [0.2, 0.25) is 0 Å². The molecule has 0 radical (unpaired) electrons. The van der Waals surface area contributed by atoms with Crippen molar-refractivity contribution in [3.05, 3.63) is 58.1 Å². The number of halogens is 1. The summed E-state index contributed by atoms with van der Waals surface area (Å²) in [4.78, 5) is 0. The normalized spacial score (nSPS) is 9.71. The minimum absolute atomic E-state index is 0.528. The molecule has 84 valence electrons. The molecule has 0 heterocycles. The molecule has 0 bridgehead atoms. The topological polar surface area (TPSA) is 33.0 Å². The van der Waals surface area contributed by atoms with Crippen LogP contribution < -0.4 is 4.74 Å². The van der Waals surface area contributed by atoms with Gasteiger partial charge in [-0.3, -0.25) is 0 Å². The zero-order chi connectivity index (χ0) is 12.3. The number of hydrogen-bond donors (Lipinski definition) is 0. The minimum atomic E-state index is 0.528. The highest BCUT2D eigenvalue weighted by Gasteiger charge is 2.06. The van der Waals surface area contributed by atoms with E-state index in [2.05, 4.69) is 22.0 Å². The van der Waals surface area contributed by atoms with Gasteiger partial charge in [-0.15, -0.1) is 0 Å². The average molecular weight is 288 g/mol. The van der Waals surface area contributed by atoms with Crippen LogP contribution in [0.1, 0.15) is 11.1 Å². The second kappa shape index (κ2) is 5.03. The maximum atomic E-state index is 8.97. The Morgan fingerprint density at radius 3 is 2.59 bits per heavy atom. The lowest BCUT2D eigenvalue weighted by molar-refractivity contribution is 0.478. The average Bonchev–Trinajstić information content (AvgIpc) is 2.33. The van der Waals surface area contributed by atoms with E-state index in [1.165, 1.54) is 0 Å². The Morgan fingerprint density at radius 2 is 1.88 bits per heavy atom. The molecule has 0 amide bonds. The number of aryl methyl sites for hydroxylation is 1. The second-order valence-electron chi connectivity index (χ2n) is 3.64. The number of nitriles is 1. The number of nitrogens with zero attached hydrogens (tertiary/aromatic N) is 1. The van der Waals surface area contributed by atoms with E-state index in [9.17, 15) is 0 Å². The zero-order valence-corrected chi connectivity index (χ0v) is 10.9. The first-order valence-corrected chi connectivity index (χ1v) is 5.93. The summed E-state index contributed by atoms with van der Waals surface area (Å²) in [6.07, 6.45) is 0. The summed E-state index contributed by atoms with van der Waals surface area (Å²) in [5.41, 5.74) is 1.68. The van der Waals surface area contributed by atoms with Crippen LogP contribution in [0.3, 0.4) is 0 Å². The van der Waals surface area contributed by atoms with Crippen molar-refractivity contribution in [1.82, 2.24) is 0 Å². The number of para-hydroxylation sites is 1. The molecular formula is C14H10BrNO. The van der Waals surface area contributed by atoms with Crippen LogP contribution in [0.5, 0.6) is 11.5 Å². The highest BCUT2D eigenvalue weighted by atomic mass is 79.9. The Kier molecular flexibility index (Phi) is 3.46. The molecule has 0 saturated carbocycles. The van der Waals surface area contributed by atoms with E-state index in [0.29, 0.717) is 17.1 Å². The monoisotopic (exact) mass is 287 g/mol. The Labute approximate surface area is 109 Å². The van der Waals surface area contributed by atoms with Gasteiger partial charge in [-0.2, -0.15) is 5.26 Å². The van der Waals surface area contributed by atoms with Crippen molar-refractivity contribution in [3.8, 4) is 17.6 Å². The van der Waals surface area contributed by atoms with Crippen molar-refractivity contribution in [2.45, 2.75) is 6.92 Å². The highest BCUT2D eigenvalue weighted by Crippen LogP contribution is 2.31. The van der Waals surface area contributed by atoms with Gasteiger partial charge in [-0.1, -0.05) is 18.2 Å². The summed E-state index contributed by atoms with van der Waals surface area (Å²) in [6.45, 7) is 2.01. The molecule has 0 aromatic heterocycles. The molecule has 17 heavy (non-hydrogen) atoms. The molecule has 3 heteroatoms. The third-order valence-electron chi connectivity index (χ3n) is 2.31. The SMILES string of the molecule is Cc1ccc(Oc2ccccc2C#N)c(Br)c1. The van der Waals surface area contributed by atoms with E-state index in [-0.39, 0.29) is 0 Å². The van der Waals surface area contributed by atoms with Gasteiger partial charge in [0.15, 0.2) is 0 Å². The maximum Gasteiger partial charge on any atom is 0.145 e. The highest BCUT2D eigenvalue weighted by molar-refractivity contribution is 9.10. The predicted octanol–water partition coefficient (Wildman–Crippen LogP) is 4.42. The van der Waals surface area contributed by atoms with Crippen LogP contribution >= 0.6 is 15.9 Å². The van der Waals surface area contributed by atoms with Gasteiger partial charge in [0.2, 0.25) is 0 Å². The summed E-state index contributed by atoms with van der Waals surface area (Å²) in [7, 11) is 0. The third kappa shape index (κ3) is 2.66. The van der Waals surface area contributed by atoms with Crippen LogP contribution in [0.15, 0.2) is 46.9 Å². The van der Waals surface area contributed by atoms with Crippen LogP contribution in [0.25, 0.3) is 0 Å². The molecule has 2 aromatic rings. The van der Waals surface area contributed by atoms with Crippen LogP contribution in [-0.4, -0.2) is 0 Å².